The van der Waals surface area contributed by atoms with Crippen LogP contribution in [0.2, 0.25) is 0 Å². The monoisotopic (exact) mass is 353 g/mol. The number of carbonyl (C=O) groups is 1. The van der Waals surface area contributed by atoms with Crippen molar-refractivity contribution in [3.63, 3.8) is 0 Å². The SMILES string of the molecule is C=N/C(=N\c1c(C)ccn1/C=C/C(=O)OC)c1c[nH]c2ncc(F)cc12. The Morgan fingerprint density at radius 2 is 2.31 bits per heavy atom. The molecular weight excluding hydrogens is 337 g/mol. The number of H-pyrrole nitrogens is 1. The van der Waals surface area contributed by atoms with Crippen LogP contribution in [-0.4, -0.2) is 40.2 Å². The molecule has 0 aliphatic rings. The summed E-state index contributed by atoms with van der Waals surface area (Å²) < 4.78 is 19.8. The average molecular weight is 353 g/mol. The molecule has 0 aliphatic carbocycles. The highest BCUT2D eigenvalue weighted by atomic mass is 19.1. The minimum absolute atomic E-state index is 0.304. The Balaban J connectivity index is 2.08. The van der Waals surface area contributed by atoms with Crippen LogP contribution in [0.3, 0.4) is 0 Å². The van der Waals surface area contributed by atoms with E-state index < -0.39 is 11.8 Å². The fourth-order valence-electron chi connectivity index (χ4n) is 2.46. The van der Waals surface area contributed by atoms with Gasteiger partial charge in [-0.05, 0) is 31.3 Å². The Labute approximate surface area is 148 Å². The number of halogens is 1. The fraction of sp³-hybridized carbons (Fsp3) is 0.111. The van der Waals surface area contributed by atoms with Gasteiger partial charge in [0.25, 0.3) is 0 Å². The number of methoxy groups -OCH3 is 1. The molecule has 8 heteroatoms. The summed E-state index contributed by atoms with van der Waals surface area (Å²) in [5.74, 6) is -0.0710. The molecule has 26 heavy (non-hydrogen) atoms. The number of fused-ring (bicyclic) bond motifs is 1. The molecule has 0 saturated heterocycles. The number of aryl methyl sites for hydroxylation is 1. The average Bonchev–Trinajstić information content (AvgIpc) is 3.21. The van der Waals surface area contributed by atoms with Crippen molar-refractivity contribution in [2.45, 2.75) is 6.92 Å². The van der Waals surface area contributed by atoms with Crippen molar-refractivity contribution >= 4 is 41.6 Å². The minimum Gasteiger partial charge on any atom is -0.466 e. The first-order valence-corrected chi connectivity index (χ1v) is 7.65. The number of rotatable bonds is 4. The van der Waals surface area contributed by atoms with Gasteiger partial charge in [0.2, 0.25) is 0 Å². The highest BCUT2D eigenvalue weighted by Crippen LogP contribution is 2.24. The number of hydrogen-bond acceptors (Lipinski definition) is 4. The predicted molar refractivity (Wildman–Crippen MR) is 98.3 cm³/mol. The van der Waals surface area contributed by atoms with Gasteiger partial charge in [0.1, 0.15) is 17.3 Å². The number of nitrogens with one attached hydrogen (secondary N) is 1. The van der Waals surface area contributed by atoms with Gasteiger partial charge in [-0.3, -0.25) is 0 Å². The van der Waals surface area contributed by atoms with Crippen molar-refractivity contribution in [3.8, 4) is 0 Å². The third-order valence-corrected chi connectivity index (χ3v) is 3.76. The highest BCUT2D eigenvalue weighted by Gasteiger charge is 2.13. The quantitative estimate of drug-likeness (QED) is 0.338. The molecule has 3 aromatic rings. The predicted octanol–water partition coefficient (Wildman–Crippen LogP) is 3.23. The minimum atomic E-state index is -0.480. The number of nitrogens with zero attached hydrogens (tertiary/aromatic N) is 4. The summed E-state index contributed by atoms with van der Waals surface area (Å²) in [6.07, 6.45) is 7.36. The van der Waals surface area contributed by atoms with Gasteiger partial charge in [-0.15, -0.1) is 0 Å². The molecule has 0 spiro atoms. The summed E-state index contributed by atoms with van der Waals surface area (Å²) in [5.41, 5.74) is 1.96. The van der Waals surface area contributed by atoms with Crippen LogP contribution >= 0.6 is 0 Å². The van der Waals surface area contributed by atoms with Crippen LogP contribution < -0.4 is 0 Å². The van der Waals surface area contributed by atoms with E-state index in [1.807, 2.05) is 13.0 Å². The number of carbonyl (C=O) groups excluding carboxylic acids is 1. The van der Waals surface area contributed by atoms with Crippen molar-refractivity contribution < 1.29 is 13.9 Å². The van der Waals surface area contributed by atoms with E-state index in [4.69, 9.17) is 0 Å². The number of aromatic amines is 1. The standard InChI is InChI=1S/C18H16FN5O2/c1-11-4-6-24(7-5-15(25)26-3)18(11)23-16(20-2)14-10-22-17-13(14)8-12(19)9-21-17/h4-10H,2H2,1,3H3,(H,21,22)/b7-5+,23-16-. The molecule has 0 unspecified atom stereocenters. The number of pyridine rings is 1. The maximum Gasteiger partial charge on any atom is 0.331 e. The first-order valence-electron chi connectivity index (χ1n) is 7.65. The zero-order chi connectivity index (χ0) is 18.7. The van der Waals surface area contributed by atoms with Crippen LogP contribution in [0, 0.1) is 12.7 Å². The number of amidine groups is 1. The third-order valence-electron chi connectivity index (χ3n) is 3.76. The Bertz CT molecular complexity index is 1050. The lowest BCUT2D eigenvalue weighted by molar-refractivity contribution is -0.134. The number of aliphatic imine (C=N–C) groups is 2. The summed E-state index contributed by atoms with van der Waals surface area (Å²) in [4.78, 5) is 26.8. The molecule has 0 atom stereocenters. The Morgan fingerprint density at radius 3 is 3.04 bits per heavy atom. The number of esters is 1. The first kappa shape index (κ1) is 17.3. The van der Waals surface area contributed by atoms with E-state index in [-0.39, 0.29) is 0 Å². The molecule has 0 amide bonds. The summed E-state index contributed by atoms with van der Waals surface area (Å²) in [7, 11) is 1.30. The largest absolute Gasteiger partial charge is 0.466 e. The Hall–Kier alpha value is -3.55. The van der Waals surface area contributed by atoms with E-state index in [2.05, 4.69) is 31.4 Å². The van der Waals surface area contributed by atoms with E-state index in [1.54, 1.807) is 17.0 Å². The van der Waals surface area contributed by atoms with Crippen molar-refractivity contribution in [2.75, 3.05) is 7.11 Å². The molecule has 0 aromatic carbocycles. The van der Waals surface area contributed by atoms with Crippen molar-refractivity contribution in [1.29, 1.82) is 0 Å². The summed E-state index contributed by atoms with van der Waals surface area (Å²) >= 11 is 0. The van der Waals surface area contributed by atoms with Gasteiger partial charge >= 0.3 is 5.97 Å². The molecule has 7 nitrogen and oxygen atoms in total. The maximum atomic E-state index is 13.6. The van der Waals surface area contributed by atoms with Gasteiger partial charge in [-0.1, -0.05) is 0 Å². The lowest BCUT2D eigenvalue weighted by Gasteiger charge is -2.03. The van der Waals surface area contributed by atoms with Gasteiger partial charge in [0.15, 0.2) is 5.84 Å². The zero-order valence-corrected chi connectivity index (χ0v) is 14.2. The topological polar surface area (TPSA) is 84.6 Å². The zero-order valence-electron chi connectivity index (χ0n) is 14.2. The van der Waals surface area contributed by atoms with E-state index in [1.165, 1.54) is 25.5 Å². The Morgan fingerprint density at radius 1 is 1.50 bits per heavy atom. The molecule has 0 aliphatic heterocycles. The number of hydrogen-bond donors (Lipinski definition) is 1. The summed E-state index contributed by atoms with van der Waals surface area (Å²) in [6, 6.07) is 3.20. The second-order valence-corrected chi connectivity index (χ2v) is 5.41. The molecule has 0 radical (unpaired) electrons. The fourth-order valence-corrected chi connectivity index (χ4v) is 2.46. The van der Waals surface area contributed by atoms with Gasteiger partial charge < -0.3 is 14.3 Å². The molecule has 0 saturated carbocycles. The van der Waals surface area contributed by atoms with Crippen molar-refractivity contribution in [1.82, 2.24) is 14.5 Å². The van der Waals surface area contributed by atoms with Crippen molar-refractivity contribution in [3.05, 3.63) is 53.7 Å². The molecule has 1 N–H and O–H groups in total. The van der Waals surface area contributed by atoms with Gasteiger partial charge in [0.05, 0.1) is 13.3 Å². The van der Waals surface area contributed by atoms with E-state index >= 15 is 0 Å². The second kappa shape index (κ2) is 7.14. The van der Waals surface area contributed by atoms with Gasteiger partial charge in [-0.2, -0.15) is 0 Å². The van der Waals surface area contributed by atoms with E-state index in [0.29, 0.717) is 28.3 Å². The lowest BCUT2D eigenvalue weighted by Crippen LogP contribution is -1.98. The normalized spacial score (nSPS) is 12.0. The van der Waals surface area contributed by atoms with Crippen LogP contribution in [0.4, 0.5) is 10.2 Å². The summed E-state index contributed by atoms with van der Waals surface area (Å²) in [6.45, 7) is 5.44. The van der Waals surface area contributed by atoms with Gasteiger partial charge in [0, 0.05) is 35.6 Å². The van der Waals surface area contributed by atoms with E-state index in [0.717, 1.165) is 11.8 Å². The molecule has 0 bridgehead atoms. The molecule has 132 valence electrons. The molecule has 3 heterocycles. The van der Waals surface area contributed by atoms with Crippen LogP contribution in [0.25, 0.3) is 17.2 Å². The third kappa shape index (κ3) is 3.30. The van der Waals surface area contributed by atoms with Gasteiger partial charge in [-0.25, -0.2) is 24.2 Å². The highest BCUT2D eigenvalue weighted by molar-refractivity contribution is 6.11. The second-order valence-electron chi connectivity index (χ2n) is 5.41. The molecule has 3 aromatic heterocycles. The molecule has 0 fully saturated rings. The number of ether oxygens (including phenoxy) is 1. The van der Waals surface area contributed by atoms with Crippen LogP contribution in [0.15, 0.2) is 46.8 Å². The lowest BCUT2D eigenvalue weighted by atomic mass is 10.2. The van der Waals surface area contributed by atoms with Crippen LogP contribution in [-0.2, 0) is 9.53 Å². The smallest absolute Gasteiger partial charge is 0.331 e. The van der Waals surface area contributed by atoms with E-state index in [9.17, 15) is 9.18 Å². The molecule has 3 rings (SSSR count). The van der Waals surface area contributed by atoms with Crippen LogP contribution in [0.1, 0.15) is 11.1 Å². The van der Waals surface area contributed by atoms with Crippen LogP contribution in [0.5, 0.6) is 0 Å². The Kier molecular flexibility index (Phi) is 4.74. The number of aromatic nitrogens is 3. The maximum absolute atomic E-state index is 13.6. The summed E-state index contributed by atoms with van der Waals surface area (Å²) in [5, 5.41) is 0.553. The first-order chi connectivity index (χ1) is 12.5. The molecular formula is C18H16FN5O2. The van der Waals surface area contributed by atoms with Crippen molar-refractivity contribution in [2.24, 2.45) is 9.98 Å².